The monoisotopic (exact) mass is 312 g/mol. The zero-order valence-electron chi connectivity index (χ0n) is 13.6. The molecule has 1 aliphatic rings. The van der Waals surface area contributed by atoms with Gasteiger partial charge in [0.15, 0.2) is 0 Å². The molecule has 0 aromatic heterocycles. The van der Waals surface area contributed by atoms with Crippen molar-refractivity contribution in [2.24, 2.45) is 0 Å². The summed E-state index contributed by atoms with van der Waals surface area (Å²) < 4.78 is 11.0. The second kappa shape index (κ2) is 7.99. The maximum Gasteiger partial charge on any atom is 0.119 e. The van der Waals surface area contributed by atoms with Crippen molar-refractivity contribution in [2.75, 3.05) is 33.3 Å². The third-order valence-corrected chi connectivity index (χ3v) is 4.10. The molecule has 0 bridgehead atoms. The second-order valence-electron chi connectivity index (χ2n) is 5.81. The van der Waals surface area contributed by atoms with Gasteiger partial charge >= 0.3 is 0 Å². The quantitative estimate of drug-likeness (QED) is 0.889. The zero-order valence-corrected chi connectivity index (χ0v) is 13.6. The fourth-order valence-corrected chi connectivity index (χ4v) is 2.71. The summed E-state index contributed by atoms with van der Waals surface area (Å²) in [5.74, 6) is 1.77. The average molecular weight is 312 g/mol. The lowest BCUT2D eigenvalue weighted by molar-refractivity contribution is 0.233. The Morgan fingerprint density at radius 3 is 2.13 bits per heavy atom. The third-order valence-electron chi connectivity index (χ3n) is 4.10. The molecule has 1 saturated heterocycles. The van der Waals surface area contributed by atoms with Gasteiger partial charge in [-0.05, 0) is 35.4 Å². The van der Waals surface area contributed by atoms with Gasteiger partial charge in [0.25, 0.3) is 0 Å². The molecule has 2 aromatic rings. The van der Waals surface area contributed by atoms with E-state index in [4.69, 9.17) is 9.47 Å². The van der Waals surface area contributed by atoms with E-state index in [1.165, 1.54) is 5.56 Å². The van der Waals surface area contributed by atoms with Crippen molar-refractivity contribution < 1.29 is 9.47 Å². The summed E-state index contributed by atoms with van der Waals surface area (Å²) in [5, 5.41) is 3.38. The number of hydrogen-bond donors (Lipinski definition) is 1. The Balaban J connectivity index is 1.50. The summed E-state index contributed by atoms with van der Waals surface area (Å²) in [7, 11) is 1.67. The minimum absolute atomic E-state index is 0.571. The van der Waals surface area contributed by atoms with Crippen LogP contribution < -0.4 is 14.8 Å². The lowest BCUT2D eigenvalue weighted by Gasteiger charge is -2.27. The summed E-state index contributed by atoms with van der Waals surface area (Å²) in [6, 6.07) is 16.4. The van der Waals surface area contributed by atoms with Gasteiger partial charge < -0.3 is 14.8 Å². The van der Waals surface area contributed by atoms with E-state index in [1.54, 1.807) is 7.11 Å². The van der Waals surface area contributed by atoms with E-state index < -0.39 is 0 Å². The molecule has 0 saturated carbocycles. The predicted octanol–water partition coefficient (Wildman–Crippen LogP) is 2.68. The molecule has 4 heteroatoms. The van der Waals surface area contributed by atoms with E-state index in [9.17, 15) is 0 Å². The molecular formula is C19H24N2O2. The second-order valence-corrected chi connectivity index (χ2v) is 5.81. The van der Waals surface area contributed by atoms with Crippen LogP contribution in [0.2, 0.25) is 0 Å². The summed E-state index contributed by atoms with van der Waals surface area (Å²) in [4.78, 5) is 2.48. The molecule has 3 rings (SSSR count). The van der Waals surface area contributed by atoms with Crippen LogP contribution >= 0.6 is 0 Å². The first-order chi connectivity index (χ1) is 11.3. The normalized spacial score (nSPS) is 15.3. The molecule has 4 nitrogen and oxygen atoms in total. The highest BCUT2D eigenvalue weighted by atomic mass is 16.5. The molecule has 1 aliphatic heterocycles. The van der Waals surface area contributed by atoms with E-state index in [0.29, 0.717) is 6.61 Å². The molecule has 0 aliphatic carbocycles. The van der Waals surface area contributed by atoms with Crippen LogP contribution in [0.15, 0.2) is 48.5 Å². The molecule has 23 heavy (non-hydrogen) atoms. The number of methoxy groups -OCH3 is 1. The van der Waals surface area contributed by atoms with Crippen molar-refractivity contribution in [2.45, 2.75) is 13.2 Å². The van der Waals surface area contributed by atoms with E-state index in [0.717, 1.165) is 49.8 Å². The summed E-state index contributed by atoms with van der Waals surface area (Å²) in [6.07, 6.45) is 0. The number of benzene rings is 2. The SMILES string of the molecule is COc1ccc(COc2ccc(CN3CCNCC3)cc2)cc1. The molecule has 1 N–H and O–H groups in total. The Morgan fingerprint density at radius 1 is 0.870 bits per heavy atom. The molecule has 1 fully saturated rings. The molecule has 2 aromatic carbocycles. The van der Waals surface area contributed by atoms with Crippen molar-refractivity contribution in [1.82, 2.24) is 10.2 Å². The van der Waals surface area contributed by atoms with E-state index in [-0.39, 0.29) is 0 Å². The summed E-state index contributed by atoms with van der Waals surface area (Å²) in [6.45, 7) is 6.00. The topological polar surface area (TPSA) is 33.7 Å². The minimum atomic E-state index is 0.571. The summed E-state index contributed by atoms with van der Waals surface area (Å²) in [5.41, 5.74) is 2.47. The maximum atomic E-state index is 5.85. The van der Waals surface area contributed by atoms with Gasteiger partial charge in [-0.1, -0.05) is 24.3 Å². The number of ether oxygens (including phenoxy) is 2. The Bertz CT molecular complexity index is 590. The summed E-state index contributed by atoms with van der Waals surface area (Å²) >= 11 is 0. The van der Waals surface area contributed by atoms with Crippen LogP contribution in [-0.4, -0.2) is 38.2 Å². The van der Waals surface area contributed by atoms with Crippen LogP contribution in [0, 0.1) is 0 Å². The maximum absolute atomic E-state index is 5.85. The first-order valence-electron chi connectivity index (χ1n) is 8.11. The molecule has 0 spiro atoms. The van der Waals surface area contributed by atoms with Gasteiger partial charge in [-0.3, -0.25) is 4.90 Å². The van der Waals surface area contributed by atoms with Gasteiger partial charge in [-0.2, -0.15) is 0 Å². The fourth-order valence-electron chi connectivity index (χ4n) is 2.71. The lowest BCUT2D eigenvalue weighted by atomic mass is 10.2. The van der Waals surface area contributed by atoms with Crippen molar-refractivity contribution in [3.8, 4) is 11.5 Å². The Hall–Kier alpha value is -2.04. The van der Waals surface area contributed by atoms with Crippen molar-refractivity contribution in [3.05, 3.63) is 59.7 Å². The highest BCUT2D eigenvalue weighted by molar-refractivity contribution is 5.29. The largest absolute Gasteiger partial charge is 0.497 e. The number of rotatable bonds is 6. The van der Waals surface area contributed by atoms with E-state index in [2.05, 4.69) is 34.5 Å². The standard InChI is InChI=1S/C19H24N2O2/c1-22-18-6-4-17(5-7-18)15-23-19-8-2-16(3-9-19)14-21-12-10-20-11-13-21/h2-9,20H,10-15H2,1H3. The van der Waals surface area contributed by atoms with Gasteiger partial charge in [0.05, 0.1) is 7.11 Å². The molecule has 0 unspecified atom stereocenters. The Labute approximate surface area is 138 Å². The number of nitrogens with zero attached hydrogens (tertiary/aromatic N) is 1. The van der Waals surface area contributed by atoms with Gasteiger partial charge in [0.1, 0.15) is 18.1 Å². The lowest BCUT2D eigenvalue weighted by Crippen LogP contribution is -2.42. The van der Waals surface area contributed by atoms with Gasteiger partial charge in [0.2, 0.25) is 0 Å². The zero-order chi connectivity index (χ0) is 15.9. The number of hydrogen-bond acceptors (Lipinski definition) is 4. The average Bonchev–Trinajstić information content (AvgIpc) is 2.62. The smallest absolute Gasteiger partial charge is 0.119 e. The Morgan fingerprint density at radius 2 is 1.48 bits per heavy atom. The molecule has 0 amide bonds. The van der Waals surface area contributed by atoms with Crippen LogP contribution in [0.3, 0.4) is 0 Å². The first-order valence-corrected chi connectivity index (χ1v) is 8.11. The van der Waals surface area contributed by atoms with Gasteiger partial charge in [-0.15, -0.1) is 0 Å². The van der Waals surface area contributed by atoms with Crippen LogP contribution in [0.4, 0.5) is 0 Å². The first kappa shape index (κ1) is 15.8. The molecule has 1 heterocycles. The number of nitrogens with one attached hydrogen (secondary N) is 1. The van der Waals surface area contributed by atoms with Crippen LogP contribution in [0.25, 0.3) is 0 Å². The fraction of sp³-hybridized carbons (Fsp3) is 0.368. The van der Waals surface area contributed by atoms with Gasteiger partial charge in [-0.25, -0.2) is 0 Å². The molecule has 122 valence electrons. The Kier molecular flexibility index (Phi) is 5.51. The third kappa shape index (κ3) is 4.71. The molecular weight excluding hydrogens is 288 g/mol. The van der Waals surface area contributed by atoms with E-state index in [1.807, 2.05) is 24.3 Å². The number of piperazine rings is 1. The van der Waals surface area contributed by atoms with Crippen LogP contribution in [0.1, 0.15) is 11.1 Å². The van der Waals surface area contributed by atoms with Crippen LogP contribution in [-0.2, 0) is 13.2 Å². The predicted molar refractivity (Wildman–Crippen MR) is 91.9 cm³/mol. The van der Waals surface area contributed by atoms with Crippen LogP contribution in [0.5, 0.6) is 11.5 Å². The van der Waals surface area contributed by atoms with Gasteiger partial charge in [0, 0.05) is 32.7 Å². The van der Waals surface area contributed by atoms with E-state index >= 15 is 0 Å². The van der Waals surface area contributed by atoms with Crippen molar-refractivity contribution >= 4 is 0 Å². The molecule has 0 atom stereocenters. The molecule has 0 radical (unpaired) electrons. The highest BCUT2D eigenvalue weighted by Crippen LogP contribution is 2.17. The van der Waals surface area contributed by atoms with Crippen molar-refractivity contribution in [1.29, 1.82) is 0 Å². The minimum Gasteiger partial charge on any atom is -0.497 e. The highest BCUT2D eigenvalue weighted by Gasteiger charge is 2.09. The van der Waals surface area contributed by atoms with Crippen molar-refractivity contribution in [3.63, 3.8) is 0 Å².